The molecule has 0 aromatic carbocycles. The van der Waals surface area contributed by atoms with Gasteiger partial charge in [0.05, 0.1) is 6.20 Å². The van der Waals surface area contributed by atoms with Gasteiger partial charge in [0.25, 0.3) is 0 Å². The van der Waals surface area contributed by atoms with Crippen LogP contribution in [0.4, 0.5) is 0 Å². The molecule has 1 amide bonds. The highest BCUT2D eigenvalue weighted by Gasteiger charge is 1.92. The van der Waals surface area contributed by atoms with Crippen molar-refractivity contribution in [3.8, 4) is 0 Å². The van der Waals surface area contributed by atoms with Gasteiger partial charge in [-0.2, -0.15) is 0 Å². The molecule has 0 unspecified atom stereocenters. The Hall–Kier alpha value is -3.47. The Labute approximate surface area is 141 Å². The Morgan fingerprint density at radius 3 is 1.83 bits per heavy atom. The van der Waals surface area contributed by atoms with Gasteiger partial charge in [0.1, 0.15) is 6.26 Å². The van der Waals surface area contributed by atoms with Crippen LogP contribution in [-0.2, 0) is 0 Å². The van der Waals surface area contributed by atoms with Crippen LogP contribution in [0.15, 0.2) is 108 Å². The summed E-state index contributed by atoms with van der Waals surface area (Å²) in [5.74, 6) is -0.532. The number of hydrogen-bond donors (Lipinski definition) is 1. The van der Waals surface area contributed by atoms with E-state index in [1.54, 1.807) is 36.4 Å². The monoisotopic (exact) mass is 321 g/mol. The molecule has 24 heavy (non-hydrogen) atoms. The number of primary amides is 1. The number of amides is 1. The van der Waals surface area contributed by atoms with Crippen LogP contribution in [0.5, 0.6) is 0 Å². The molecule has 2 N–H and O–H groups in total. The molecule has 0 saturated heterocycles. The molecule has 0 spiro atoms. The summed E-state index contributed by atoms with van der Waals surface area (Å²) in [5.41, 5.74) is 5.64. The Kier molecular flexibility index (Phi) is 10.2. The van der Waals surface area contributed by atoms with Crippen molar-refractivity contribution < 1.29 is 9.32 Å². The summed E-state index contributed by atoms with van der Waals surface area (Å²) in [6, 6.07) is 26.8. The maximum atomic E-state index is 11.3. The SMILES string of the molecule is NC(=O)c1cccccccccccccconnccc1. The van der Waals surface area contributed by atoms with Crippen LogP contribution in [0, 0.1) is 0 Å². The van der Waals surface area contributed by atoms with Crippen LogP contribution >= 0.6 is 0 Å². The van der Waals surface area contributed by atoms with E-state index >= 15 is 0 Å². The lowest BCUT2D eigenvalue weighted by Crippen LogP contribution is -2.09. The van der Waals surface area contributed by atoms with Crippen molar-refractivity contribution in [2.75, 3.05) is 0 Å². The van der Waals surface area contributed by atoms with E-state index in [2.05, 4.69) is 10.4 Å². The van der Waals surface area contributed by atoms with Crippen molar-refractivity contribution in [3.05, 3.63) is 109 Å². The first-order valence-electron chi connectivity index (χ1n) is 7.20. The Morgan fingerprint density at radius 1 is 0.750 bits per heavy atom. The normalized spacial score (nSPS) is 8.33. The average molecular weight is 321 g/mol. The predicted molar refractivity (Wildman–Crippen MR) is 93.3 cm³/mol. The van der Waals surface area contributed by atoms with Gasteiger partial charge in [0, 0.05) is 10.8 Å². The Balaban J connectivity index is 3.24. The first-order chi connectivity index (χ1) is 11.8. The number of nitrogens with zero attached hydrogens (tertiary/aromatic N) is 2. The predicted octanol–water partition coefficient (Wildman–Crippen LogP) is 3.67. The van der Waals surface area contributed by atoms with E-state index in [9.17, 15) is 4.79 Å². The molecule has 0 aliphatic heterocycles. The minimum absolute atomic E-state index is 0.344. The molecule has 0 aliphatic rings. The third kappa shape index (κ3) is 10.3. The molecule has 122 valence electrons. The van der Waals surface area contributed by atoms with Gasteiger partial charge in [0.2, 0.25) is 5.91 Å². The number of aromatic nitrogens is 2. The Bertz CT molecular complexity index is 687. The van der Waals surface area contributed by atoms with E-state index in [0.29, 0.717) is 5.56 Å². The van der Waals surface area contributed by atoms with Crippen LogP contribution in [0.25, 0.3) is 0 Å². The molecule has 0 aliphatic carbocycles. The molecule has 1 aromatic heterocycles. The summed E-state index contributed by atoms with van der Waals surface area (Å²) in [6.07, 6.45) is 2.78. The van der Waals surface area contributed by atoms with Crippen molar-refractivity contribution in [2.45, 2.75) is 0 Å². The molecule has 5 nitrogen and oxygen atoms in total. The van der Waals surface area contributed by atoms with Gasteiger partial charge in [0.15, 0.2) is 0 Å². The van der Waals surface area contributed by atoms with Crippen molar-refractivity contribution in [3.63, 3.8) is 0 Å². The maximum Gasteiger partial charge on any atom is 0.248 e. The minimum atomic E-state index is -0.532. The second-order valence-corrected chi connectivity index (χ2v) is 4.24. The molecule has 1 aromatic rings. The van der Waals surface area contributed by atoms with Crippen LogP contribution in [0.2, 0.25) is 0 Å². The lowest BCUT2D eigenvalue weighted by molar-refractivity contribution is 0.100. The van der Waals surface area contributed by atoms with Crippen molar-refractivity contribution in [1.82, 2.24) is 10.4 Å². The zero-order valence-electron chi connectivity index (χ0n) is 13.1. The summed E-state index contributed by atoms with van der Waals surface area (Å²) in [5, 5.41) is 7.10. The van der Waals surface area contributed by atoms with Crippen LogP contribution < -0.4 is 5.73 Å². The second-order valence-electron chi connectivity index (χ2n) is 4.24. The molecule has 5 heteroatoms. The summed E-state index contributed by atoms with van der Waals surface area (Å²) in [6.45, 7) is 0. The number of carbonyl (C=O) groups is 1. The van der Waals surface area contributed by atoms with E-state index in [1.807, 2.05) is 48.5 Å². The molecule has 1 rings (SSSR count). The number of carbonyl (C=O) groups excluding carboxylic acids is 1. The highest BCUT2D eigenvalue weighted by atomic mass is 16.5. The first kappa shape index (κ1) is 18.6. The fraction of sp³-hybridized carbons (Fsp3) is 0. The van der Waals surface area contributed by atoms with Gasteiger partial charge in [-0.15, -0.1) is 5.10 Å². The van der Waals surface area contributed by atoms with Crippen molar-refractivity contribution in [2.24, 2.45) is 5.73 Å². The zero-order valence-corrected chi connectivity index (χ0v) is 13.1. The number of nitrogens with two attached hydrogens (primary N) is 1. The third-order valence-electron chi connectivity index (χ3n) is 2.44. The lowest BCUT2D eigenvalue weighted by atomic mass is 10.2. The van der Waals surface area contributed by atoms with Gasteiger partial charge in [-0.25, -0.2) is 0 Å². The number of rotatable bonds is 1. The summed E-state index contributed by atoms with van der Waals surface area (Å²) >= 11 is 0. The van der Waals surface area contributed by atoms with Crippen molar-refractivity contribution in [1.29, 1.82) is 0 Å². The lowest BCUT2D eigenvalue weighted by Gasteiger charge is -1.86. The van der Waals surface area contributed by atoms with Gasteiger partial charge >= 0.3 is 0 Å². The smallest absolute Gasteiger partial charge is 0.248 e. The second kappa shape index (κ2) is 13.2. The van der Waals surface area contributed by atoms with Gasteiger partial charge in [-0.3, -0.25) is 4.79 Å². The Morgan fingerprint density at radius 2 is 1.25 bits per heavy atom. The van der Waals surface area contributed by atoms with Crippen LogP contribution in [-0.4, -0.2) is 16.3 Å². The van der Waals surface area contributed by atoms with Gasteiger partial charge < -0.3 is 10.3 Å². The fourth-order valence-corrected chi connectivity index (χ4v) is 1.37. The first-order valence-corrected chi connectivity index (χ1v) is 7.20. The summed E-state index contributed by atoms with van der Waals surface area (Å²) < 4.78 is 4.80. The molecule has 0 bridgehead atoms. The summed E-state index contributed by atoms with van der Waals surface area (Å²) in [7, 11) is 0. The van der Waals surface area contributed by atoms with E-state index in [1.165, 1.54) is 18.5 Å². The highest BCUT2D eigenvalue weighted by Crippen LogP contribution is 1.91. The molecule has 0 radical (unpaired) electrons. The quantitative estimate of drug-likeness (QED) is 0.855. The van der Waals surface area contributed by atoms with Crippen molar-refractivity contribution >= 4 is 5.91 Å². The highest BCUT2D eigenvalue weighted by molar-refractivity contribution is 5.92. The zero-order chi connectivity index (χ0) is 17.3. The largest absolute Gasteiger partial charge is 0.366 e. The molecule has 0 fully saturated rings. The van der Waals surface area contributed by atoms with Crippen LogP contribution in [0.3, 0.4) is 0 Å². The maximum absolute atomic E-state index is 11.3. The summed E-state index contributed by atoms with van der Waals surface area (Å²) in [4.78, 5) is 11.3. The van der Waals surface area contributed by atoms with E-state index in [4.69, 9.17) is 10.3 Å². The number of hydrogen-bond acceptors (Lipinski definition) is 4. The van der Waals surface area contributed by atoms with Gasteiger partial charge in [-0.1, -0.05) is 66.7 Å². The van der Waals surface area contributed by atoms with E-state index in [0.717, 1.165) is 0 Å². The van der Waals surface area contributed by atoms with Crippen LogP contribution in [0.1, 0.15) is 10.4 Å². The fourth-order valence-electron chi connectivity index (χ4n) is 1.37. The van der Waals surface area contributed by atoms with E-state index < -0.39 is 5.91 Å². The molecular formula is C19H19N3O2. The molecule has 1 heterocycles. The van der Waals surface area contributed by atoms with E-state index in [-0.39, 0.29) is 0 Å². The average Bonchev–Trinajstić information content (AvgIpc) is 2.57. The minimum Gasteiger partial charge on any atom is -0.366 e. The van der Waals surface area contributed by atoms with Gasteiger partial charge in [-0.05, 0) is 24.3 Å². The topological polar surface area (TPSA) is 82.0 Å². The third-order valence-corrected chi connectivity index (χ3v) is 2.44. The molecule has 0 saturated carbocycles. The standard InChI is InChI=1S/C19H19N3O2/c20-19(23)18-14-11-9-7-5-3-1-2-4-6-8-10-12-17-24-22-21-16-13-15-18/h1-17H,(H2,20,23). The molecular weight excluding hydrogens is 302 g/mol. The molecule has 0 atom stereocenters.